The van der Waals surface area contributed by atoms with Crippen LogP contribution in [-0.4, -0.2) is 40.9 Å². The first kappa shape index (κ1) is 16.9. The second-order valence-corrected chi connectivity index (χ2v) is 7.07. The summed E-state index contributed by atoms with van der Waals surface area (Å²) in [4.78, 5) is 22.0. The first-order valence-electron chi connectivity index (χ1n) is 7.98. The fourth-order valence-corrected chi connectivity index (χ4v) is 2.83. The third-order valence-electron chi connectivity index (χ3n) is 4.78. The zero-order valence-corrected chi connectivity index (χ0v) is 14.0. The monoisotopic (exact) mass is 335 g/mol. The van der Waals surface area contributed by atoms with Gasteiger partial charge in [0, 0.05) is 12.1 Å². The number of non-ortho nitro benzene ring substituents is 1. The molecule has 0 saturated carbocycles. The Morgan fingerprint density at radius 3 is 2.38 bits per heavy atom. The van der Waals surface area contributed by atoms with Gasteiger partial charge in [0.15, 0.2) is 0 Å². The highest BCUT2D eigenvalue weighted by Gasteiger charge is 2.55. The second-order valence-electron chi connectivity index (χ2n) is 7.07. The minimum atomic E-state index is -0.510. The number of ether oxygens (including phenoxy) is 3. The second kappa shape index (κ2) is 5.82. The van der Waals surface area contributed by atoms with Crippen LogP contribution in [0.15, 0.2) is 24.3 Å². The zero-order chi connectivity index (χ0) is 17.5. The molecule has 24 heavy (non-hydrogen) atoms. The van der Waals surface area contributed by atoms with Crippen molar-refractivity contribution >= 4 is 11.7 Å². The van der Waals surface area contributed by atoms with Gasteiger partial charge in [-0.1, -0.05) is 0 Å². The molecule has 2 aliphatic rings. The molecule has 0 spiro atoms. The lowest BCUT2D eigenvalue weighted by molar-refractivity contribution is -0.384. The van der Waals surface area contributed by atoms with Crippen molar-refractivity contribution in [2.24, 2.45) is 0 Å². The number of hydrogen-bond donors (Lipinski definition) is 0. The summed E-state index contributed by atoms with van der Waals surface area (Å²) >= 11 is 0. The quantitative estimate of drug-likeness (QED) is 0.329. The number of benzene rings is 1. The molecule has 7 nitrogen and oxygen atoms in total. The van der Waals surface area contributed by atoms with Gasteiger partial charge in [0.1, 0.15) is 12.7 Å². The van der Waals surface area contributed by atoms with Crippen LogP contribution in [0.2, 0.25) is 0 Å². The minimum absolute atomic E-state index is 0.0247. The van der Waals surface area contributed by atoms with Crippen LogP contribution in [-0.2, 0) is 14.2 Å². The van der Waals surface area contributed by atoms with Crippen molar-refractivity contribution in [2.45, 2.75) is 57.0 Å². The average molecular weight is 335 g/mol. The van der Waals surface area contributed by atoms with E-state index in [0.29, 0.717) is 0 Å². The Labute approximate surface area is 140 Å². The molecule has 3 rings (SSSR count). The molecule has 0 aromatic heterocycles. The topological polar surface area (TPSA) is 94.5 Å². The summed E-state index contributed by atoms with van der Waals surface area (Å²) < 4.78 is 16.5. The summed E-state index contributed by atoms with van der Waals surface area (Å²) in [6.45, 7) is 6.32. The largest absolute Gasteiger partial charge is 0.459 e. The molecule has 0 N–H and O–H groups in total. The average Bonchev–Trinajstić information content (AvgIpc) is 3.38. The molecule has 7 heteroatoms. The first-order valence-corrected chi connectivity index (χ1v) is 7.98. The molecule has 2 saturated heterocycles. The summed E-state index contributed by atoms with van der Waals surface area (Å²) in [7, 11) is 0. The van der Waals surface area contributed by atoms with E-state index in [2.05, 4.69) is 13.8 Å². The molecule has 2 aliphatic heterocycles. The van der Waals surface area contributed by atoms with E-state index < -0.39 is 10.9 Å². The molecule has 0 radical (unpaired) electrons. The summed E-state index contributed by atoms with van der Waals surface area (Å²) in [6, 6.07) is 5.34. The normalized spacial score (nSPS) is 29.8. The highest BCUT2D eigenvalue weighted by molar-refractivity contribution is 5.89. The van der Waals surface area contributed by atoms with Crippen LogP contribution in [0.4, 0.5) is 5.69 Å². The maximum atomic E-state index is 12.0. The minimum Gasteiger partial charge on any atom is -0.459 e. The summed E-state index contributed by atoms with van der Waals surface area (Å²) in [5.74, 6) is -0.505. The Balaban J connectivity index is 1.43. The van der Waals surface area contributed by atoms with Crippen LogP contribution < -0.4 is 0 Å². The highest BCUT2D eigenvalue weighted by Crippen LogP contribution is 2.45. The maximum absolute atomic E-state index is 12.0. The molecule has 1 aromatic rings. The summed E-state index contributed by atoms with van der Waals surface area (Å²) in [5.41, 5.74) is -0.0630. The van der Waals surface area contributed by atoms with Crippen molar-refractivity contribution in [3.8, 4) is 0 Å². The van der Waals surface area contributed by atoms with Crippen molar-refractivity contribution < 1.29 is 23.9 Å². The van der Waals surface area contributed by atoms with Crippen LogP contribution in [0.25, 0.3) is 0 Å². The van der Waals surface area contributed by atoms with Crippen molar-refractivity contribution in [3.05, 3.63) is 39.9 Å². The molecular weight excluding hydrogens is 314 g/mol. The molecule has 0 bridgehead atoms. The standard InChI is InChI=1S/C17H21NO6/c1-16(2)13(23-16)8-9-17(3)14(24-17)10-22-15(19)11-4-6-12(7-5-11)18(20)21/h4-7,13-14H,8-10H2,1-3H3/t13-,14+,17+/m1/s1. The highest BCUT2D eigenvalue weighted by atomic mass is 16.6. The van der Waals surface area contributed by atoms with Crippen LogP contribution in [0.5, 0.6) is 0 Å². The number of esters is 1. The van der Waals surface area contributed by atoms with Crippen LogP contribution in [0, 0.1) is 10.1 Å². The lowest BCUT2D eigenvalue weighted by atomic mass is 9.97. The fraction of sp³-hybridized carbons (Fsp3) is 0.588. The van der Waals surface area contributed by atoms with E-state index in [4.69, 9.17) is 14.2 Å². The van der Waals surface area contributed by atoms with Crippen molar-refractivity contribution in [2.75, 3.05) is 6.61 Å². The third-order valence-corrected chi connectivity index (χ3v) is 4.78. The SMILES string of the molecule is CC1(C)O[C@@H]1CC[C@]1(C)O[C@H]1COC(=O)c1ccc([N+](=O)[O-])cc1. The first-order chi connectivity index (χ1) is 11.2. The van der Waals surface area contributed by atoms with E-state index in [-0.39, 0.29) is 41.3 Å². The predicted octanol–water partition coefficient (Wildman–Crippen LogP) is 2.87. The van der Waals surface area contributed by atoms with Crippen molar-refractivity contribution in [1.82, 2.24) is 0 Å². The van der Waals surface area contributed by atoms with Gasteiger partial charge in [-0.3, -0.25) is 10.1 Å². The van der Waals surface area contributed by atoms with Crippen molar-refractivity contribution in [1.29, 1.82) is 0 Å². The smallest absolute Gasteiger partial charge is 0.338 e. The van der Waals surface area contributed by atoms with Gasteiger partial charge < -0.3 is 14.2 Å². The van der Waals surface area contributed by atoms with E-state index in [1.807, 2.05) is 6.92 Å². The molecule has 0 aliphatic carbocycles. The van der Waals surface area contributed by atoms with E-state index in [0.717, 1.165) is 12.8 Å². The van der Waals surface area contributed by atoms with Gasteiger partial charge in [-0.05, 0) is 45.7 Å². The van der Waals surface area contributed by atoms with Crippen LogP contribution in [0.1, 0.15) is 44.0 Å². The summed E-state index contributed by atoms with van der Waals surface area (Å²) in [5, 5.41) is 10.6. The lowest BCUT2D eigenvalue weighted by Gasteiger charge is -2.06. The number of nitrogens with zero attached hydrogens (tertiary/aromatic N) is 1. The number of nitro groups is 1. The maximum Gasteiger partial charge on any atom is 0.338 e. The van der Waals surface area contributed by atoms with Crippen molar-refractivity contribution in [3.63, 3.8) is 0 Å². The van der Waals surface area contributed by atoms with E-state index >= 15 is 0 Å². The van der Waals surface area contributed by atoms with Gasteiger partial charge in [0.25, 0.3) is 5.69 Å². The van der Waals surface area contributed by atoms with Gasteiger partial charge in [0.05, 0.1) is 27.8 Å². The molecule has 0 unspecified atom stereocenters. The molecular formula is C17H21NO6. The van der Waals surface area contributed by atoms with E-state index in [1.165, 1.54) is 24.3 Å². The van der Waals surface area contributed by atoms with E-state index in [9.17, 15) is 14.9 Å². The Morgan fingerprint density at radius 1 is 1.21 bits per heavy atom. The van der Waals surface area contributed by atoms with Gasteiger partial charge in [0.2, 0.25) is 0 Å². The number of rotatable bonds is 7. The Kier molecular flexibility index (Phi) is 4.09. The van der Waals surface area contributed by atoms with Crippen LogP contribution in [0.3, 0.4) is 0 Å². The molecule has 2 fully saturated rings. The Hall–Kier alpha value is -1.99. The fourth-order valence-electron chi connectivity index (χ4n) is 2.83. The number of epoxide rings is 2. The molecule has 2 heterocycles. The van der Waals surface area contributed by atoms with Gasteiger partial charge >= 0.3 is 5.97 Å². The van der Waals surface area contributed by atoms with E-state index in [1.54, 1.807) is 0 Å². The number of carbonyl (C=O) groups is 1. The Morgan fingerprint density at radius 2 is 1.83 bits per heavy atom. The van der Waals surface area contributed by atoms with Crippen LogP contribution >= 0.6 is 0 Å². The lowest BCUT2D eigenvalue weighted by Crippen LogP contribution is -2.18. The van der Waals surface area contributed by atoms with Gasteiger partial charge in [-0.15, -0.1) is 0 Å². The molecule has 130 valence electrons. The molecule has 0 amide bonds. The van der Waals surface area contributed by atoms with Gasteiger partial charge in [-0.25, -0.2) is 4.79 Å². The zero-order valence-electron chi connectivity index (χ0n) is 14.0. The summed E-state index contributed by atoms with van der Waals surface area (Å²) in [6.07, 6.45) is 1.96. The number of carbonyl (C=O) groups excluding carboxylic acids is 1. The molecule has 1 aromatic carbocycles. The number of nitro benzene ring substituents is 1. The number of hydrogen-bond acceptors (Lipinski definition) is 6. The third kappa shape index (κ3) is 3.57. The van der Waals surface area contributed by atoms with Gasteiger partial charge in [-0.2, -0.15) is 0 Å². The Bertz CT molecular complexity index is 656. The molecule has 3 atom stereocenters. The predicted molar refractivity (Wildman–Crippen MR) is 84.8 cm³/mol.